The van der Waals surface area contributed by atoms with Crippen molar-refractivity contribution in [1.82, 2.24) is 24.9 Å². The Morgan fingerprint density at radius 3 is 2.56 bits per heavy atom. The molecule has 4 heterocycles. The fourth-order valence-electron chi connectivity index (χ4n) is 7.96. The number of ether oxygens (including phenoxy) is 2. The zero-order chi connectivity index (χ0) is 34.2. The lowest BCUT2D eigenvalue weighted by Crippen LogP contribution is -2.43. The lowest BCUT2D eigenvalue weighted by Gasteiger charge is -2.39. The molecule has 4 atom stereocenters. The van der Waals surface area contributed by atoms with E-state index < -0.39 is 5.60 Å². The molecule has 1 aliphatic carbocycles. The van der Waals surface area contributed by atoms with E-state index in [1.54, 1.807) is 7.11 Å². The highest BCUT2D eigenvalue weighted by Gasteiger charge is 2.46. The summed E-state index contributed by atoms with van der Waals surface area (Å²) < 4.78 is 13.5. The summed E-state index contributed by atoms with van der Waals surface area (Å²) in [6.07, 6.45) is 9.16. The Bertz CT molecular complexity index is 2010. The van der Waals surface area contributed by atoms with Crippen molar-refractivity contribution in [1.29, 1.82) is 0 Å². The molecule has 2 aromatic heterocycles. The summed E-state index contributed by atoms with van der Waals surface area (Å²) in [5, 5.41) is 20.9. The number of fused-ring (bicyclic) bond motifs is 2. The summed E-state index contributed by atoms with van der Waals surface area (Å²) in [5.74, 6) is 2.74. The summed E-state index contributed by atoms with van der Waals surface area (Å²) in [6.45, 7) is 5.55. The van der Waals surface area contributed by atoms with Crippen LogP contribution in [-0.4, -0.2) is 54.9 Å². The number of hydrogen-bond donors (Lipinski definition) is 1. The Hall–Kier alpha value is -4.67. The molecule has 50 heavy (non-hydrogen) atoms. The van der Waals surface area contributed by atoms with E-state index in [9.17, 15) is 9.90 Å². The first kappa shape index (κ1) is 32.5. The third-order valence-electron chi connectivity index (χ3n) is 10.7. The van der Waals surface area contributed by atoms with Gasteiger partial charge in [-0.25, -0.2) is 4.98 Å². The average molecular weight is 688 g/mol. The SMILES string of the molecule is C=C[C@@H](Cn1cc(C2(O)CCCC2)nn1)[C@H]1CCN2C(=O)S[C@H](c3cc(-c4ccc(Oc5ccccc5)cc4)nc4ccc(OC)cc34)[C@@H]2C1. The molecule has 0 spiro atoms. The first-order chi connectivity index (χ1) is 24.4. The van der Waals surface area contributed by atoms with Crippen LogP contribution in [0, 0.1) is 11.8 Å². The molecule has 3 fully saturated rings. The number of methoxy groups -OCH3 is 1. The number of hydrogen-bond acceptors (Lipinski definition) is 8. The van der Waals surface area contributed by atoms with E-state index in [1.165, 1.54) is 11.8 Å². The molecular formula is C40H41N5O4S. The van der Waals surface area contributed by atoms with Gasteiger partial charge in [-0.2, -0.15) is 0 Å². The summed E-state index contributed by atoms with van der Waals surface area (Å²) >= 11 is 1.42. The summed E-state index contributed by atoms with van der Waals surface area (Å²) in [5.41, 5.74) is 3.56. The molecule has 9 nitrogen and oxygen atoms in total. The zero-order valence-corrected chi connectivity index (χ0v) is 29.0. The quantitative estimate of drug-likeness (QED) is 0.146. The fraction of sp³-hybridized carbons (Fsp3) is 0.350. The highest BCUT2D eigenvalue weighted by Crippen LogP contribution is 2.51. The largest absolute Gasteiger partial charge is 0.497 e. The Morgan fingerprint density at radius 2 is 1.80 bits per heavy atom. The van der Waals surface area contributed by atoms with Gasteiger partial charge in [-0.05, 0) is 104 Å². The molecule has 3 aromatic carbocycles. The first-order valence-electron chi connectivity index (χ1n) is 17.5. The minimum Gasteiger partial charge on any atom is -0.497 e. The number of allylic oxidation sites excluding steroid dienone is 1. The highest BCUT2D eigenvalue weighted by atomic mass is 32.2. The number of aliphatic hydroxyl groups is 1. The second-order valence-electron chi connectivity index (χ2n) is 13.7. The average Bonchev–Trinajstić information content (AvgIpc) is 3.90. The molecule has 0 radical (unpaired) electrons. The molecule has 8 rings (SSSR count). The van der Waals surface area contributed by atoms with Crippen molar-refractivity contribution in [2.75, 3.05) is 13.7 Å². The van der Waals surface area contributed by atoms with Gasteiger partial charge < -0.3 is 19.5 Å². The van der Waals surface area contributed by atoms with E-state index in [-0.39, 0.29) is 22.4 Å². The van der Waals surface area contributed by atoms with Crippen LogP contribution in [-0.2, 0) is 12.1 Å². The maximum absolute atomic E-state index is 13.6. The second kappa shape index (κ2) is 13.6. The van der Waals surface area contributed by atoms with Crippen LogP contribution in [0.15, 0.2) is 97.7 Å². The maximum atomic E-state index is 13.6. The maximum Gasteiger partial charge on any atom is 0.282 e. The van der Waals surface area contributed by atoms with Crippen LogP contribution in [0.25, 0.3) is 22.2 Å². The van der Waals surface area contributed by atoms with E-state index in [4.69, 9.17) is 14.5 Å². The van der Waals surface area contributed by atoms with Gasteiger partial charge >= 0.3 is 0 Å². The van der Waals surface area contributed by atoms with Crippen molar-refractivity contribution in [2.24, 2.45) is 11.8 Å². The Labute approximate surface area is 296 Å². The zero-order valence-electron chi connectivity index (χ0n) is 28.1. The smallest absolute Gasteiger partial charge is 0.282 e. The summed E-state index contributed by atoms with van der Waals surface area (Å²) in [4.78, 5) is 20.7. The normalized spacial score (nSPS) is 22.0. The van der Waals surface area contributed by atoms with Gasteiger partial charge in [0.05, 0.1) is 29.8 Å². The van der Waals surface area contributed by atoms with Crippen molar-refractivity contribution >= 4 is 27.9 Å². The van der Waals surface area contributed by atoms with Gasteiger partial charge in [0.2, 0.25) is 0 Å². The van der Waals surface area contributed by atoms with Gasteiger partial charge in [0.25, 0.3) is 5.24 Å². The van der Waals surface area contributed by atoms with Crippen LogP contribution in [0.2, 0.25) is 0 Å². The number of rotatable bonds is 10. The number of pyridine rings is 1. The number of aromatic nitrogens is 4. The monoisotopic (exact) mass is 687 g/mol. The first-order valence-corrected chi connectivity index (χ1v) is 18.3. The van der Waals surface area contributed by atoms with Gasteiger partial charge in [0.15, 0.2) is 0 Å². The lowest BCUT2D eigenvalue weighted by atomic mass is 9.79. The van der Waals surface area contributed by atoms with Crippen LogP contribution in [0.5, 0.6) is 17.2 Å². The van der Waals surface area contributed by atoms with E-state index >= 15 is 0 Å². The van der Waals surface area contributed by atoms with E-state index in [0.717, 1.165) is 83.5 Å². The number of amides is 1. The van der Waals surface area contributed by atoms with Gasteiger partial charge in [0, 0.05) is 30.1 Å². The minimum absolute atomic E-state index is 0.0190. The number of thioether (sulfide) groups is 1. The second-order valence-corrected chi connectivity index (χ2v) is 14.8. The molecule has 1 saturated carbocycles. The molecule has 0 bridgehead atoms. The minimum atomic E-state index is -0.866. The van der Waals surface area contributed by atoms with E-state index in [1.807, 2.05) is 89.8 Å². The van der Waals surface area contributed by atoms with Crippen molar-refractivity contribution in [3.05, 3.63) is 109 Å². The van der Waals surface area contributed by atoms with Crippen molar-refractivity contribution in [3.63, 3.8) is 0 Å². The number of piperidine rings is 1. The van der Waals surface area contributed by atoms with Crippen LogP contribution < -0.4 is 9.47 Å². The topological polar surface area (TPSA) is 103 Å². The van der Waals surface area contributed by atoms with E-state index in [0.29, 0.717) is 24.7 Å². The summed E-state index contributed by atoms with van der Waals surface area (Å²) in [6, 6.07) is 25.9. The van der Waals surface area contributed by atoms with Crippen LogP contribution >= 0.6 is 11.8 Å². The molecule has 0 unspecified atom stereocenters. The molecule has 1 N–H and O–H groups in total. The van der Waals surface area contributed by atoms with Gasteiger partial charge in [-0.1, -0.05) is 54.1 Å². The third kappa shape index (κ3) is 6.26. The van der Waals surface area contributed by atoms with Crippen LogP contribution in [0.1, 0.15) is 55.0 Å². The number of carbonyl (C=O) groups is 1. The van der Waals surface area contributed by atoms with Crippen molar-refractivity contribution in [3.8, 4) is 28.5 Å². The van der Waals surface area contributed by atoms with Gasteiger partial charge in [-0.15, -0.1) is 11.7 Å². The Kier molecular flexibility index (Phi) is 8.83. The fourth-order valence-corrected chi connectivity index (χ4v) is 9.28. The van der Waals surface area contributed by atoms with Crippen LogP contribution in [0.4, 0.5) is 4.79 Å². The number of para-hydroxylation sites is 1. The molecule has 10 heteroatoms. The molecular weight excluding hydrogens is 647 g/mol. The van der Waals surface area contributed by atoms with Crippen molar-refractivity contribution < 1.29 is 19.4 Å². The molecule has 2 aliphatic heterocycles. The third-order valence-corrected chi connectivity index (χ3v) is 12.0. The Morgan fingerprint density at radius 1 is 1.04 bits per heavy atom. The molecule has 3 aliphatic rings. The number of carbonyl (C=O) groups excluding carboxylic acids is 1. The molecule has 2 saturated heterocycles. The molecule has 256 valence electrons. The predicted molar refractivity (Wildman–Crippen MR) is 195 cm³/mol. The van der Waals surface area contributed by atoms with Crippen molar-refractivity contribution in [2.45, 2.75) is 62.0 Å². The standard InChI is InChI=1S/C40H41N5O4S/c1-3-26(24-44-25-37(42-43-44)40(47)18-7-8-19-40)28-17-20-45-36(21-28)38(50-39(45)46)33-23-35(41-34-16-15-31(48-2)22-32(33)34)27-11-13-30(14-12-27)49-29-9-5-4-6-10-29/h3-6,9-16,22-23,25-26,28,36,38,47H,1,7-8,17-21,24H2,2H3/t26-,28-,36-,38+/m0/s1. The predicted octanol–water partition coefficient (Wildman–Crippen LogP) is 8.55. The van der Waals surface area contributed by atoms with Gasteiger partial charge in [0.1, 0.15) is 28.5 Å². The molecule has 5 aromatic rings. The summed E-state index contributed by atoms with van der Waals surface area (Å²) in [7, 11) is 1.67. The number of nitrogens with zero attached hydrogens (tertiary/aromatic N) is 5. The number of benzene rings is 3. The molecule has 1 amide bonds. The lowest BCUT2D eigenvalue weighted by molar-refractivity contribution is 0.0398. The Balaban J connectivity index is 1.08. The van der Waals surface area contributed by atoms with Gasteiger partial charge in [-0.3, -0.25) is 9.48 Å². The highest BCUT2D eigenvalue weighted by molar-refractivity contribution is 8.14. The van der Waals surface area contributed by atoms with Crippen LogP contribution in [0.3, 0.4) is 0 Å². The van der Waals surface area contributed by atoms with E-state index in [2.05, 4.69) is 27.9 Å².